The van der Waals surface area contributed by atoms with Gasteiger partial charge in [0.05, 0.1) is 18.2 Å². The van der Waals surface area contributed by atoms with E-state index < -0.39 is 12.2 Å². The maximum atomic E-state index is 12.2. The molecule has 1 aliphatic heterocycles. The molecule has 0 aromatic heterocycles. The summed E-state index contributed by atoms with van der Waals surface area (Å²) in [6, 6.07) is 7.22. The number of halogens is 1. The van der Waals surface area contributed by atoms with Crippen LogP contribution in [0.4, 0.5) is 0 Å². The number of allylic oxidation sites excluding steroid dienone is 1. The van der Waals surface area contributed by atoms with Gasteiger partial charge in [-0.25, -0.2) is 4.79 Å². The third-order valence-electron chi connectivity index (χ3n) is 3.22. The second-order valence-corrected chi connectivity index (χ2v) is 5.59. The van der Waals surface area contributed by atoms with E-state index in [1.165, 1.54) is 0 Å². The van der Waals surface area contributed by atoms with Gasteiger partial charge in [-0.15, -0.1) is 0 Å². The number of carbonyl (C=O) groups is 2. The molecular formula is C15H17BrN2O3. The average molecular weight is 353 g/mol. The van der Waals surface area contributed by atoms with E-state index in [0.717, 1.165) is 16.3 Å². The van der Waals surface area contributed by atoms with E-state index in [9.17, 15) is 9.59 Å². The van der Waals surface area contributed by atoms with Crippen LogP contribution in [0.25, 0.3) is 0 Å². The second-order valence-electron chi connectivity index (χ2n) is 4.67. The molecule has 112 valence electrons. The summed E-state index contributed by atoms with van der Waals surface area (Å²) in [5.74, 6) is -0.385. The predicted molar refractivity (Wildman–Crippen MR) is 82.3 cm³/mol. The van der Waals surface area contributed by atoms with Crippen molar-refractivity contribution in [1.29, 1.82) is 0 Å². The monoisotopic (exact) mass is 352 g/mol. The van der Waals surface area contributed by atoms with Gasteiger partial charge < -0.3 is 10.1 Å². The second kappa shape index (κ2) is 6.87. The highest BCUT2D eigenvalue weighted by Gasteiger charge is 2.32. The van der Waals surface area contributed by atoms with E-state index in [0.29, 0.717) is 17.9 Å². The first-order valence-corrected chi connectivity index (χ1v) is 7.47. The molecule has 2 unspecified atom stereocenters. The zero-order chi connectivity index (χ0) is 15.4. The minimum atomic E-state index is -0.535. The summed E-state index contributed by atoms with van der Waals surface area (Å²) in [6.45, 7) is 3.84. The number of carbonyl (C=O) groups excluding carboxylic acids is 2. The van der Waals surface area contributed by atoms with E-state index in [1.54, 1.807) is 13.8 Å². The van der Waals surface area contributed by atoms with Gasteiger partial charge in [-0.1, -0.05) is 28.1 Å². The SMILES string of the molecule is CCOC(=O)C1=C(C)NC(C=O)NC1c1cccc(Br)c1. The Hall–Kier alpha value is -1.66. The van der Waals surface area contributed by atoms with Gasteiger partial charge >= 0.3 is 5.97 Å². The van der Waals surface area contributed by atoms with Crippen molar-refractivity contribution >= 4 is 28.2 Å². The van der Waals surface area contributed by atoms with Crippen molar-refractivity contribution in [3.05, 3.63) is 45.6 Å². The molecule has 0 amide bonds. The van der Waals surface area contributed by atoms with Crippen LogP contribution in [-0.2, 0) is 14.3 Å². The van der Waals surface area contributed by atoms with Gasteiger partial charge in [-0.05, 0) is 31.5 Å². The van der Waals surface area contributed by atoms with Gasteiger partial charge in [0, 0.05) is 10.2 Å². The lowest BCUT2D eigenvalue weighted by Gasteiger charge is -2.32. The summed E-state index contributed by atoms with van der Waals surface area (Å²) >= 11 is 3.42. The zero-order valence-corrected chi connectivity index (χ0v) is 13.4. The first-order valence-electron chi connectivity index (χ1n) is 6.68. The summed E-state index contributed by atoms with van der Waals surface area (Å²) < 4.78 is 6.03. The zero-order valence-electron chi connectivity index (χ0n) is 11.9. The molecule has 1 heterocycles. The molecule has 2 atom stereocenters. The first-order chi connectivity index (χ1) is 10.1. The molecule has 21 heavy (non-hydrogen) atoms. The summed E-state index contributed by atoms with van der Waals surface area (Å²) in [7, 11) is 0. The Morgan fingerprint density at radius 1 is 1.48 bits per heavy atom. The quantitative estimate of drug-likeness (QED) is 0.641. The molecule has 0 fully saturated rings. The lowest BCUT2D eigenvalue weighted by molar-refractivity contribution is -0.139. The molecule has 6 heteroatoms. The molecule has 0 saturated heterocycles. The smallest absolute Gasteiger partial charge is 0.337 e. The fourth-order valence-electron chi connectivity index (χ4n) is 2.33. The van der Waals surface area contributed by atoms with Crippen molar-refractivity contribution in [2.24, 2.45) is 0 Å². The number of hydrogen-bond donors (Lipinski definition) is 2. The molecule has 5 nitrogen and oxygen atoms in total. The molecule has 1 aromatic carbocycles. The number of benzene rings is 1. The van der Waals surface area contributed by atoms with Crippen molar-refractivity contribution in [2.45, 2.75) is 26.1 Å². The Morgan fingerprint density at radius 2 is 2.24 bits per heavy atom. The van der Waals surface area contributed by atoms with Gasteiger partial charge in [0.2, 0.25) is 0 Å². The lowest BCUT2D eigenvalue weighted by atomic mass is 9.95. The summed E-state index contributed by atoms with van der Waals surface area (Å²) in [4.78, 5) is 23.3. The molecule has 0 saturated carbocycles. The molecule has 0 bridgehead atoms. The molecule has 2 rings (SSSR count). The number of rotatable bonds is 4. The number of esters is 1. The van der Waals surface area contributed by atoms with Gasteiger partial charge in [-0.3, -0.25) is 10.1 Å². The van der Waals surface area contributed by atoms with Crippen LogP contribution in [0.15, 0.2) is 40.0 Å². The van der Waals surface area contributed by atoms with Crippen LogP contribution in [0, 0.1) is 0 Å². The Morgan fingerprint density at radius 3 is 2.86 bits per heavy atom. The Bertz CT molecular complexity index is 586. The topological polar surface area (TPSA) is 67.4 Å². The Labute approximate surface area is 131 Å². The maximum Gasteiger partial charge on any atom is 0.337 e. The van der Waals surface area contributed by atoms with Crippen molar-refractivity contribution in [2.75, 3.05) is 6.61 Å². The van der Waals surface area contributed by atoms with Crippen LogP contribution in [0.2, 0.25) is 0 Å². The minimum Gasteiger partial charge on any atom is -0.463 e. The van der Waals surface area contributed by atoms with Crippen LogP contribution >= 0.6 is 15.9 Å². The van der Waals surface area contributed by atoms with Crippen LogP contribution in [0.1, 0.15) is 25.5 Å². The van der Waals surface area contributed by atoms with Gasteiger partial charge in [0.15, 0.2) is 6.29 Å². The van der Waals surface area contributed by atoms with Crippen molar-refractivity contribution in [3.8, 4) is 0 Å². The van der Waals surface area contributed by atoms with Crippen LogP contribution in [0.5, 0.6) is 0 Å². The number of ether oxygens (including phenoxy) is 1. The summed E-state index contributed by atoms with van der Waals surface area (Å²) in [5, 5.41) is 6.07. The third-order valence-corrected chi connectivity index (χ3v) is 3.72. The normalized spacial score (nSPS) is 21.7. The summed E-state index contributed by atoms with van der Waals surface area (Å²) in [6.07, 6.45) is 0.239. The molecule has 1 aromatic rings. The third kappa shape index (κ3) is 3.51. The first kappa shape index (κ1) is 15.7. The average Bonchev–Trinajstić information content (AvgIpc) is 2.46. The maximum absolute atomic E-state index is 12.2. The van der Waals surface area contributed by atoms with Crippen molar-refractivity contribution in [3.63, 3.8) is 0 Å². The van der Waals surface area contributed by atoms with Crippen molar-refractivity contribution in [1.82, 2.24) is 10.6 Å². The Balaban J connectivity index is 2.44. The highest BCUT2D eigenvalue weighted by atomic mass is 79.9. The van der Waals surface area contributed by atoms with E-state index in [1.807, 2.05) is 24.3 Å². The lowest BCUT2D eigenvalue weighted by Crippen LogP contribution is -2.50. The molecule has 0 radical (unpaired) electrons. The number of aldehydes is 1. The molecule has 0 aliphatic carbocycles. The molecule has 2 N–H and O–H groups in total. The molecular weight excluding hydrogens is 336 g/mol. The fourth-order valence-corrected chi connectivity index (χ4v) is 2.75. The highest BCUT2D eigenvalue weighted by Crippen LogP contribution is 2.29. The molecule has 1 aliphatic rings. The van der Waals surface area contributed by atoms with Gasteiger partial charge in [-0.2, -0.15) is 0 Å². The van der Waals surface area contributed by atoms with Crippen LogP contribution in [0.3, 0.4) is 0 Å². The predicted octanol–water partition coefficient (Wildman–Crippen LogP) is 2.05. The largest absolute Gasteiger partial charge is 0.463 e. The van der Waals surface area contributed by atoms with Gasteiger partial charge in [0.1, 0.15) is 6.17 Å². The van der Waals surface area contributed by atoms with Crippen molar-refractivity contribution < 1.29 is 14.3 Å². The summed E-state index contributed by atoms with van der Waals surface area (Å²) in [5.41, 5.74) is 2.03. The van der Waals surface area contributed by atoms with Crippen LogP contribution in [-0.4, -0.2) is 25.0 Å². The van der Waals surface area contributed by atoms with E-state index in [4.69, 9.17) is 4.74 Å². The highest BCUT2D eigenvalue weighted by molar-refractivity contribution is 9.10. The van der Waals surface area contributed by atoms with E-state index in [-0.39, 0.29) is 5.97 Å². The minimum absolute atomic E-state index is 0.303. The number of hydrogen-bond acceptors (Lipinski definition) is 5. The van der Waals surface area contributed by atoms with E-state index >= 15 is 0 Å². The van der Waals surface area contributed by atoms with Gasteiger partial charge in [0.25, 0.3) is 0 Å². The van der Waals surface area contributed by atoms with E-state index in [2.05, 4.69) is 26.6 Å². The number of nitrogens with one attached hydrogen (secondary N) is 2. The standard InChI is InChI=1S/C15H17BrN2O3/c1-3-21-15(20)13-9(2)17-12(8-19)18-14(13)10-5-4-6-11(16)7-10/h4-8,12,14,17-18H,3H2,1-2H3. The van der Waals surface area contributed by atoms with Crippen LogP contribution < -0.4 is 10.6 Å². The Kier molecular flexibility index (Phi) is 5.14. The fraction of sp³-hybridized carbons (Fsp3) is 0.333. The molecule has 0 spiro atoms.